The van der Waals surface area contributed by atoms with E-state index in [1.165, 1.54) is 6.20 Å². The number of esters is 1. The predicted molar refractivity (Wildman–Crippen MR) is 71.7 cm³/mol. The molecule has 3 heteroatoms. The van der Waals surface area contributed by atoms with E-state index < -0.39 is 0 Å². The van der Waals surface area contributed by atoms with Gasteiger partial charge in [-0.25, -0.2) is 4.79 Å². The molecule has 0 amide bonds. The maximum atomic E-state index is 11.6. The molecular weight excluding hydrogens is 226 g/mol. The van der Waals surface area contributed by atoms with Gasteiger partial charge in [0.1, 0.15) is 5.75 Å². The van der Waals surface area contributed by atoms with E-state index in [0.717, 1.165) is 5.69 Å². The maximum Gasteiger partial charge on any atom is 0.343 e. The number of hydrogen-bond acceptors (Lipinski definition) is 3. The Kier molecular flexibility index (Phi) is 5.58. The fourth-order valence-corrected chi connectivity index (χ4v) is 1.25. The summed E-state index contributed by atoms with van der Waals surface area (Å²) in [5.41, 5.74) is 1.42. The monoisotopic (exact) mass is 243 g/mol. The van der Waals surface area contributed by atoms with Crippen molar-refractivity contribution in [2.24, 2.45) is 0 Å². The average molecular weight is 243 g/mol. The standard InChI is InChI=1S/C13H11NO2.C2H6/c1-10-7-8-12(9-14-10)16-13(15)11-5-3-2-4-6-11;1-2/h2-9H,1H3;1-2H3. The Labute approximate surface area is 107 Å². The van der Waals surface area contributed by atoms with Crippen molar-refractivity contribution in [1.29, 1.82) is 0 Å². The normalized spacial score (nSPS) is 9.06. The molecule has 0 unspecified atom stereocenters. The van der Waals surface area contributed by atoms with Crippen molar-refractivity contribution in [1.82, 2.24) is 4.98 Å². The number of rotatable bonds is 2. The van der Waals surface area contributed by atoms with Gasteiger partial charge in [0.2, 0.25) is 0 Å². The summed E-state index contributed by atoms with van der Waals surface area (Å²) in [6.45, 7) is 5.88. The number of aryl methyl sites for hydroxylation is 1. The third-order valence-corrected chi connectivity index (χ3v) is 2.10. The van der Waals surface area contributed by atoms with E-state index in [-0.39, 0.29) is 5.97 Å². The lowest BCUT2D eigenvalue weighted by atomic mass is 10.2. The predicted octanol–water partition coefficient (Wildman–Crippen LogP) is 3.64. The second kappa shape index (κ2) is 7.22. The SMILES string of the molecule is CC.Cc1ccc(OC(=O)c2ccccc2)cn1. The van der Waals surface area contributed by atoms with Crippen LogP contribution < -0.4 is 4.74 Å². The lowest BCUT2D eigenvalue weighted by Crippen LogP contribution is -2.08. The van der Waals surface area contributed by atoms with E-state index in [1.54, 1.807) is 36.4 Å². The molecule has 0 N–H and O–H groups in total. The molecule has 0 bridgehead atoms. The molecule has 94 valence electrons. The minimum absolute atomic E-state index is 0.369. The van der Waals surface area contributed by atoms with Crippen LogP contribution in [0, 0.1) is 6.92 Å². The van der Waals surface area contributed by atoms with E-state index in [2.05, 4.69) is 4.98 Å². The van der Waals surface area contributed by atoms with Crippen LogP contribution in [-0.4, -0.2) is 11.0 Å². The van der Waals surface area contributed by atoms with Crippen LogP contribution in [0.5, 0.6) is 5.75 Å². The number of aromatic nitrogens is 1. The van der Waals surface area contributed by atoms with Crippen LogP contribution in [0.3, 0.4) is 0 Å². The van der Waals surface area contributed by atoms with Gasteiger partial charge in [-0.05, 0) is 31.2 Å². The lowest BCUT2D eigenvalue weighted by molar-refractivity contribution is 0.0734. The Balaban J connectivity index is 0.000000771. The van der Waals surface area contributed by atoms with Crippen molar-refractivity contribution in [2.75, 3.05) is 0 Å². The minimum atomic E-state index is -0.369. The molecule has 0 spiro atoms. The first-order valence-electron chi connectivity index (χ1n) is 5.95. The highest BCUT2D eigenvalue weighted by Gasteiger charge is 2.07. The molecule has 3 nitrogen and oxygen atoms in total. The van der Waals surface area contributed by atoms with Gasteiger partial charge < -0.3 is 4.74 Å². The highest BCUT2D eigenvalue weighted by Crippen LogP contribution is 2.11. The van der Waals surface area contributed by atoms with E-state index in [4.69, 9.17) is 4.74 Å². The second-order valence-corrected chi connectivity index (χ2v) is 3.39. The molecule has 0 atom stereocenters. The van der Waals surface area contributed by atoms with Gasteiger partial charge in [0.15, 0.2) is 0 Å². The van der Waals surface area contributed by atoms with Crippen LogP contribution in [0.4, 0.5) is 0 Å². The van der Waals surface area contributed by atoms with Crippen molar-refractivity contribution in [3.05, 3.63) is 59.9 Å². The fraction of sp³-hybridized carbons (Fsp3) is 0.200. The molecule has 2 aromatic rings. The molecule has 0 aliphatic heterocycles. The summed E-state index contributed by atoms with van der Waals surface area (Å²) in [6.07, 6.45) is 1.54. The average Bonchev–Trinajstić information content (AvgIpc) is 2.44. The number of hydrogen-bond donors (Lipinski definition) is 0. The first kappa shape index (κ1) is 13.9. The zero-order valence-electron chi connectivity index (χ0n) is 10.9. The Morgan fingerprint density at radius 1 is 1.06 bits per heavy atom. The molecule has 0 radical (unpaired) electrons. The maximum absolute atomic E-state index is 11.6. The van der Waals surface area contributed by atoms with Crippen molar-refractivity contribution in [3.63, 3.8) is 0 Å². The Morgan fingerprint density at radius 3 is 2.28 bits per heavy atom. The number of nitrogens with zero attached hydrogens (tertiary/aromatic N) is 1. The molecule has 2 rings (SSSR count). The first-order chi connectivity index (χ1) is 8.75. The summed E-state index contributed by atoms with van der Waals surface area (Å²) >= 11 is 0. The smallest absolute Gasteiger partial charge is 0.343 e. The van der Waals surface area contributed by atoms with E-state index in [1.807, 2.05) is 26.8 Å². The van der Waals surface area contributed by atoms with Gasteiger partial charge in [-0.3, -0.25) is 4.98 Å². The van der Waals surface area contributed by atoms with E-state index >= 15 is 0 Å². The Hall–Kier alpha value is -2.16. The van der Waals surface area contributed by atoms with Gasteiger partial charge in [-0.2, -0.15) is 0 Å². The number of ether oxygens (including phenoxy) is 1. The highest BCUT2D eigenvalue weighted by molar-refractivity contribution is 5.90. The van der Waals surface area contributed by atoms with E-state index in [0.29, 0.717) is 11.3 Å². The van der Waals surface area contributed by atoms with Crippen LogP contribution in [0.1, 0.15) is 29.9 Å². The molecule has 18 heavy (non-hydrogen) atoms. The summed E-state index contributed by atoms with van der Waals surface area (Å²) in [7, 11) is 0. The Morgan fingerprint density at radius 2 is 1.72 bits per heavy atom. The highest BCUT2D eigenvalue weighted by atomic mass is 16.5. The van der Waals surface area contributed by atoms with Gasteiger partial charge in [0.25, 0.3) is 0 Å². The third-order valence-electron chi connectivity index (χ3n) is 2.10. The number of carbonyl (C=O) groups excluding carboxylic acids is 1. The molecule has 1 aromatic carbocycles. The first-order valence-corrected chi connectivity index (χ1v) is 5.95. The zero-order chi connectivity index (χ0) is 13.4. The fourth-order valence-electron chi connectivity index (χ4n) is 1.25. The molecular formula is C15H17NO2. The summed E-state index contributed by atoms with van der Waals surface area (Å²) in [4.78, 5) is 15.7. The third kappa shape index (κ3) is 4.01. The van der Waals surface area contributed by atoms with Crippen LogP contribution in [0.25, 0.3) is 0 Å². The number of carbonyl (C=O) groups is 1. The Bertz CT molecular complexity index is 478. The van der Waals surface area contributed by atoms with Crippen molar-refractivity contribution in [3.8, 4) is 5.75 Å². The zero-order valence-corrected chi connectivity index (χ0v) is 10.9. The molecule has 0 saturated heterocycles. The lowest BCUT2D eigenvalue weighted by Gasteiger charge is -2.03. The molecule has 0 aliphatic carbocycles. The molecule has 0 aliphatic rings. The van der Waals surface area contributed by atoms with Crippen LogP contribution >= 0.6 is 0 Å². The summed E-state index contributed by atoms with van der Waals surface area (Å²) in [5.74, 6) is 0.0886. The number of pyridine rings is 1. The summed E-state index contributed by atoms with van der Waals surface area (Å²) in [6, 6.07) is 12.4. The second-order valence-electron chi connectivity index (χ2n) is 3.39. The molecule has 1 aromatic heterocycles. The summed E-state index contributed by atoms with van der Waals surface area (Å²) < 4.78 is 5.15. The van der Waals surface area contributed by atoms with Crippen molar-refractivity contribution in [2.45, 2.75) is 20.8 Å². The summed E-state index contributed by atoms with van der Waals surface area (Å²) in [5, 5.41) is 0. The minimum Gasteiger partial charge on any atom is -0.421 e. The van der Waals surface area contributed by atoms with Crippen LogP contribution in [-0.2, 0) is 0 Å². The quantitative estimate of drug-likeness (QED) is 0.756. The van der Waals surface area contributed by atoms with Crippen LogP contribution in [0.15, 0.2) is 48.7 Å². The van der Waals surface area contributed by atoms with Crippen LogP contribution in [0.2, 0.25) is 0 Å². The van der Waals surface area contributed by atoms with Gasteiger partial charge in [0, 0.05) is 5.69 Å². The van der Waals surface area contributed by atoms with Crippen molar-refractivity contribution >= 4 is 5.97 Å². The molecule has 1 heterocycles. The van der Waals surface area contributed by atoms with E-state index in [9.17, 15) is 4.79 Å². The molecule has 0 saturated carbocycles. The topological polar surface area (TPSA) is 39.2 Å². The van der Waals surface area contributed by atoms with Crippen molar-refractivity contribution < 1.29 is 9.53 Å². The van der Waals surface area contributed by atoms with Gasteiger partial charge >= 0.3 is 5.97 Å². The largest absolute Gasteiger partial charge is 0.421 e. The van der Waals surface area contributed by atoms with Gasteiger partial charge in [0.05, 0.1) is 11.8 Å². The van der Waals surface area contributed by atoms with Gasteiger partial charge in [-0.1, -0.05) is 32.0 Å². The number of benzene rings is 1. The van der Waals surface area contributed by atoms with Gasteiger partial charge in [-0.15, -0.1) is 0 Å². The molecule has 0 fully saturated rings.